The minimum absolute atomic E-state index is 0. The summed E-state index contributed by atoms with van der Waals surface area (Å²) in [6.45, 7) is 6.41. The van der Waals surface area contributed by atoms with Gasteiger partial charge in [-0.15, -0.1) is 12.4 Å². The second-order valence-electron chi connectivity index (χ2n) is 6.49. The molecule has 0 saturated heterocycles. The third kappa shape index (κ3) is 7.40. The topological polar surface area (TPSA) is 84.7 Å². The number of carbonyl (C=O) groups is 2. The third-order valence-electron chi connectivity index (χ3n) is 4.14. The van der Waals surface area contributed by atoms with Crippen LogP contribution in [0.5, 0.6) is 5.75 Å². The number of ether oxygens (including phenoxy) is 1. The van der Waals surface area contributed by atoms with Crippen LogP contribution < -0.4 is 15.8 Å². The van der Waals surface area contributed by atoms with Crippen LogP contribution in [0.2, 0.25) is 0 Å². The van der Waals surface area contributed by atoms with Crippen LogP contribution in [-0.2, 0) is 0 Å². The Morgan fingerprint density at radius 1 is 1.00 bits per heavy atom. The van der Waals surface area contributed by atoms with Crippen LogP contribution in [0.4, 0.5) is 5.69 Å². The molecule has 0 aliphatic carbocycles. The molecule has 7 heteroatoms. The summed E-state index contributed by atoms with van der Waals surface area (Å²) < 4.78 is 5.42. The van der Waals surface area contributed by atoms with E-state index < -0.39 is 0 Å². The second-order valence-corrected chi connectivity index (χ2v) is 6.49. The van der Waals surface area contributed by atoms with Crippen LogP contribution in [0.15, 0.2) is 48.5 Å². The monoisotopic (exact) mass is 419 g/mol. The molecule has 0 atom stereocenters. The number of nitrogens with one attached hydrogen (secondary N) is 1. The summed E-state index contributed by atoms with van der Waals surface area (Å²) >= 11 is 0. The van der Waals surface area contributed by atoms with Crippen LogP contribution in [0.1, 0.15) is 47.4 Å². The van der Waals surface area contributed by atoms with E-state index in [4.69, 9.17) is 10.5 Å². The Balaban J connectivity index is 0.00000420. The van der Waals surface area contributed by atoms with Crippen LogP contribution in [0.3, 0.4) is 0 Å². The zero-order valence-corrected chi connectivity index (χ0v) is 17.8. The predicted octanol–water partition coefficient (Wildman–Crippen LogP) is 3.96. The second kappa shape index (κ2) is 12.8. The van der Waals surface area contributed by atoms with Crippen molar-refractivity contribution in [2.45, 2.75) is 26.7 Å². The van der Waals surface area contributed by atoms with Gasteiger partial charge in [-0.3, -0.25) is 9.59 Å². The van der Waals surface area contributed by atoms with Gasteiger partial charge in [-0.25, -0.2) is 0 Å². The van der Waals surface area contributed by atoms with Gasteiger partial charge in [0.05, 0.1) is 0 Å². The lowest BCUT2D eigenvalue weighted by atomic mass is 10.1. The summed E-state index contributed by atoms with van der Waals surface area (Å²) in [6, 6.07) is 13.9. The lowest BCUT2D eigenvalue weighted by Crippen LogP contribution is -2.32. The number of hydrogen-bond acceptors (Lipinski definition) is 4. The van der Waals surface area contributed by atoms with Crippen LogP contribution >= 0.6 is 12.4 Å². The zero-order valence-electron chi connectivity index (χ0n) is 17.0. The van der Waals surface area contributed by atoms with Crippen LogP contribution in [0, 0.1) is 0 Å². The maximum absolute atomic E-state index is 12.8. The van der Waals surface area contributed by atoms with Crippen molar-refractivity contribution < 1.29 is 14.3 Å². The normalized spacial score (nSPS) is 10.0. The lowest BCUT2D eigenvalue weighted by molar-refractivity contribution is 0.0755. The highest BCUT2D eigenvalue weighted by molar-refractivity contribution is 6.06. The molecule has 2 aromatic rings. The third-order valence-corrected chi connectivity index (χ3v) is 4.14. The Kier molecular flexibility index (Phi) is 10.8. The van der Waals surface area contributed by atoms with E-state index >= 15 is 0 Å². The molecule has 2 amide bonds. The SMILES string of the molecule is CCCN(CCC)C(=O)c1cccc(C(=O)Nc2ccc(OCCN)cc2)c1.Cl. The van der Waals surface area contributed by atoms with Gasteiger partial charge in [-0.2, -0.15) is 0 Å². The molecule has 0 aliphatic rings. The number of halogens is 1. The van der Waals surface area contributed by atoms with Gasteiger partial charge in [0.15, 0.2) is 0 Å². The van der Waals surface area contributed by atoms with Crippen molar-refractivity contribution in [2.75, 3.05) is 31.6 Å². The maximum atomic E-state index is 12.8. The minimum Gasteiger partial charge on any atom is -0.492 e. The summed E-state index contributed by atoms with van der Waals surface area (Å²) in [7, 11) is 0. The van der Waals surface area contributed by atoms with Gasteiger partial charge in [0.1, 0.15) is 12.4 Å². The average Bonchev–Trinajstić information content (AvgIpc) is 2.72. The number of benzene rings is 2. The maximum Gasteiger partial charge on any atom is 0.255 e. The standard InChI is InChI=1S/C22H29N3O3.ClH/c1-3-13-25(14-4-2)22(27)18-7-5-6-17(16-18)21(26)24-19-8-10-20(11-9-19)28-15-12-23;/h5-11,16H,3-4,12-15,23H2,1-2H3,(H,24,26);1H. The highest BCUT2D eigenvalue weighted by Gasteiger charge is 2.16. The molecule has 0 saturated carbocycles. The van der Waals surface area contributed by atoms with Gasteiger partial charge < -0.3 is 20.7 Å². The van der Waals surface area contributed by atoms with E-state index in [2.05, 4.69) is 5.32 Å². The first-order chi connectivity index (χ1) is 13.6. The average molecular weight is 420 g/mol. The first kappa shape index (κ1) is 24.5. The van der Waals surface area contributed by atoms with E-state index in [9.17, 15) is 9.59 Å². The molecule has 158 valence electrons. The Hall–Kier alpha value is -2.57. The van der Waals surface area contributed by atoms with E-state index in [1.165, 1.54) is 0 Å². The number of rotatable bonds is 10. The predicted molar refractivity (Wildman–Crippen MR) is 119 cm³/mol. The number of carbonyl (C=O) groups excluding carboxylic acids is 2. The molecule has 0 aromatic heterocycles. The fourth-order valence-corrected chi connectivity index (χ4v) is 2.85. The lowest BCUT2D eigenvalue weighted by Gasteiger charge is -2.21. The molecule has 0 heterocycles. The molecule has 2 aromatic carbocycles. The van der Waals surface area contributed by atoms with Gasteiger partial charge in [-0.1, -0.05) is 19.9 Å². The summed E-state index contributed by atoms with van der Waals surface area (Å²) in [4.78, 5) is 27.2. The van der Waals surface area contributed by atoms with Crippen molar-refractivity contribution in [3.8, 4) is 5.75 Å². The Bertz CT molecular complexity index is 775. The number of anilines is 1. The Morgan fingerprint density at radius 2 is 1.62 bits per heavy atom. The Labute approximate surface area is 178 Å². The van der Waals surface area contributed by atoms with Gasteiger partial charge >= 0.3 is 0 Å². The highest BCUT2D eigenvalue weighted by Crippen LogP contribution is 2.17. The molecule has 0 spiro atoms. The van der Waals surface area contributed by atoms with E-state index in [0.717, 1.165) is 12.8 Å². The minimum atomic E-state index is -0.261. The molecule has 3 N–H and O–H groups in total. The number of nitrogens with zero attached hydrogens (tertiary/aromatic N) is 1. The molecule has 0 aliphatic heterocycles. The number of nitrogens with two attached hydrogens (primary N) is 1. The van der Waals surface area contributed by atoms with Crippen LogP contribution in [0.25, 0.3) is 0 Å². The molecule has 0 unspecified atom stereocenters. The van der Waals surface area contributed by atoms with Crippen molar-refractivity contribution in [2.24, 2.45) is 5.73 Å². The molecule has 0 fully saturated rings. The van der Waals surface area contributed by atoms with Crippen LogP contribution in [-0.4, -0.2) is 43.0 Å². The molecule has 0 radical (unpaired) electrons. The first-order valence-electron chi connectivity index (χ1n) is 9.72. The zero-order chi connectivity index (χ0) is 20.4. The fourth-order valence-electron chi connectivity index (χ4n) is 2.85. The molecular weight excluding hydrogens is 390 g/mol. The summed E-state index contributed by atoms with van der Waals surface area (Å²) in [5.74, 6) is 0.394. The summed E-state index contributed by atoms with van der Waals surface area (Å²) in [6.07, 6.45) is 1.80. The van der Waals surface area contributed by atoms with Gasteiger partial charge in [0, 0.05) is 36.4 Å². The molecule has 2 rings (SSSR count). The fraction of sp³-hybridized carbons (Fsp3) is 0.364. The van der Waals surface area contributed by atoms with Crippen molar-refractivity contribution in [1.82, 2.24) is 4.90 Å². The Morgan fingerprint density at radius 3 is 2.21 bits per heavy atom. The smallest absolute Gasteiger partial charge is 0.255 e. The molecule has 6 nitrogen and oxygen atoms in total. The number of hydrogen-bond donors (Lipinski definition) is 2. The summed E-state index contributed by atoms with van der Waals surface area (Å²) in [5, 5.41) is 2.84. The molecule has 29 heavy (non-hydrogen) atoms. The van der Waals surface area contributed by atoms with Gasteiger partial charge in [0.2, 0.25) is 0 Å². The van der Waals surface area contributed by atoms with E-state index in [0.29, 0.717) is 48.8 Å². The van der Waals surface area contributed by atoms with E-state index in [1.54, 1.807) is 48.5 Å². The van der Waals surface area contributed by atoms with Crippen molar-refractivity contribution in [3.05, 3.63) is 59.7 Å². The highest BCUT2D eigenvalue weighted by atomic mass is 35.5. The van der Waals surface area contributed by atoms with Crippen molar-refractivity contribution in [3.63, 3.8) is 0 Å². The van der Waals surface area contributed by atoms with Gasteiger partial charge in [0.25, 0.3) is 11.8 Å². The first-order valence-corrected chi connectivity index (χ1v) is 9.72. The molecule has 0 bridgehead atoms. The van der Waals surface area contributed by atoms with E-state index in [-0.39, 0.29) is 24.2 Å². The molecular formula is C22H30ClN3O3. The number of amides is 2. The van der Waals surface area contributed by atoms with E-state index in [1.807, 2.05) is 18.7 Å². The summed E-state index contributed by atoms with van der Waals surface area (Å²) in [5.41, 5.74) is 7.04. The van der Waals surface area contributed by atoms with Gasteiger partial charge in [-0.05, 0) is 55.3 Å². The van der Waals surface area contributed by atoms with Crippen molar-refractivity contribution >= 4 is 29.9 Å². The largest absolute Gasteiger partial charge is 0.492 e. The quantitative estimate of drug-likeness (QED) is 0.610. The van der Waals surface area contributed by atoms with Crippen molar-refractivity contribution in [1.29, 1.82) is 0 Å².